The third-order valence-corrected chi connectivity index (χ3v) is 6.72. The summed E-state index contributed by atoms with van der Waals surface area (Å²) in [7, 11) is 0. The number of hydrogen-bond donors (Lipinski definition) is 1. The lowest BCUT2D eigenvalue weighted by atomic mass is 10.1. The molecule has 3 unspecified atom stereocenters. The lowest BCUT2D eigenvalue weighted by Crippen LogP contribution is -2.30. The van der Waals surface area contributed by atoms with Crippen LogP contribution in [0.4, 0.5) is 11.8 Å². The zero-order valence-electron chi connectivity index (χ0n) is 27.4. The Labute approximate surface area is 252 Å². The van der Waals surface area contributed by atoms with Crippen molar-refractivity contribution in [3.63, 3.8) is 0 Å². The van der Waals surface area contributed by atoms with Gasteiger partial charge in [0.2, 0.25) is 0 Å². The van der Waals surface area contributed by atoms with E-state index >= 15 is 0 Å². The van der Waals surface area contributed by atoms with Crippen LogP contribution in [-0.4, -0.2) is 85.7 Å². The second-order valence-corrected chi connectivity index (χ2v) is 13.0. The molecule has 10 heteroatoms. The van der Waals surface area contributed by atoms with Gasteiger partial charge in [0.05, 0.1) is 24.9 Å². The van der Waals surface area contributed by atoms with Crippen LogP contribution >= 0.6 is 0 Å². The normalized spacial score (nSPS) is 19.4. The van der Waals surface area contributed by atoms with Crippen LogP contribution in [0, 0.1) is 35.5 Å². The molecule has 1 N–H and O–H groups in total. The lowest BCUT2D eigenvalue weighted by molar-refractivity contribution is -0.0232. The van der Waals surface area contributed by atoms with Crippen molar-refractivity contribution < 1.29 is 9.84 Å². The summed E-state index contributed by atoms with van der Waals surface area (Å²) in [5, 5.41) is 16.1. The lowest BCUT2D eigenvalue weighted by Gasteiger charge is -2.23. The molecule has 0 aromatic carbocycles. The van der Waals surface area contributed by atoms with Crippen molar-refractivity contribution in [2.75, 3.05) is 26.2 Å². The maximum Gasteiger partial charge on any atom is 0.254 e. The number of hydrogen-bond acceptors (Lipinski definition) is 7. The molecule has 0 spiro atoms. The topological polar surface area (TPSA) is 104 Å². The highest BCUT2D eigenvalue weighted by Gasteiger charge is 2.36. The molecule has 1 fully saturated rings. The molecule has 2 aromatic rings. The molecule has 1 aliphatic rings. The van der Waals surface area contributed by atoms with Gasteiger partial charge in [0, 0.05) is 32.6 Å². The van der Waals surface area contributed by atoms with Gasteiger partial charge in [-0.1, -0.05) is 68.2 Å². The molecule has 42 heavy (non-hydrogen) atoms. The van der Waals surface area contributed by atoms with Crippen molar-refractivity contribution >= 4 is 35.5 Å². The molecule has 232 valence electrons. The van der Waals surface area contributed by atoms with Gasteiger partial charge >= 0.3 is 0 Å². The van der Waals surface area contributed by atoms with Crippen molar-refractivity contribution in [3.05, 3.63) is 5.69 Å². The number of rotatable bonds is 14. The number of fused-ring (bicyclic) bond motifs is 1. The Bertz CT molecular complexity index is 1250. The van der Waals surface area contributed by atoms with Crippen LogP contribution in [-0.2, 0) is 4.74 Å². The Morgan fingerprint density at radius 3 is 1.95 bits per heavy atom. The van der Waals surface area contributed by atoms with E-state index in [0.29, 0.717) is 65.0 Å². The fourth-order valence-corrected chi connectivity index (χ4v) is 5.28. The Hall–Kier alpha value is -3.03. The van der Waals surface area contributed by atoms with Crippen LogP contribution in [0.25, 0.3) is 11.0 Å². The van der Waals surface area contributed by atoms with Crippen molar-refractivity contribution in [2.24, 2.45) is 33.7 Å². The van der Waals surface area contributed by atoms with Crippen molar-refractivity contribution in [2.45, 2.75) is 101 Å². The van der Waals surface area contributed by atoms with Gasteiger partial charge in [-0.05, 0) is 42.9 Å². The fraction of sp³-hybridized carbons (Fsp3) is 0.719. The molecule has 0 saturated carbocycles. The minimum Gasteiger partial charge on any atom is -0.390 e. The SMILES string of the molecule is CC#Cc1nn(C2CC(O)C(CC)O2)c2nc(N=CN(CC(C)C)CC(C)C)nc(N=CN(CC(C)C)CC(C)C)c12. The molecule has 3 atom stereocenters. The minimum absolute atomic E-state index is 0.256. The van der Waals surface area contributed by atoms with E-state index in [9.17, 15) is 5.11 Å². The fourth-order valence-electron chi connectivity index (χ4n) is 5.28. The smallest absolute Gasteiger partial charge is 0.254 e. The van der Waals surface area contributed by atoms with Crippen LogP contribution in [0.5, 0.6) is 0 Å². The number of aliphatic imine (C=N–C) groups is 2. The second-order valence-electron chi connectivity index (χ2n) is 13.0. The van der Waals surface area contributed by atoms with E-state index in [0.717, 1.165) is 26.2 Å². The first-order valence-corrected chi connectivity index (χ1v) is 15.5. The first-order chi connectivity index (χ1) is 19.9. The van der Waals surface area contributed by atoms with E-state index in [1.54, 1.807) is 11.6 Å². The third kappa shape index (κ3) is 9.23. The molecular formula is C32H52N8O2. The first-order valence-electron chi connectivity index (χ1n) is 15.5. The highest BCUT2D eigenvalue weighted by atomic mass is 16.5. The van der Waals surface area contributed by atoms with E-state index in [1.807, 2.05) is 19.6 Å². The van der Waals surface area contributed by atoms with Crippen molar-refractivity contribution in [1.82, 2.24) is 29.5 Å². The monoisotopic (exact) mass is 580 g/mol. The summed E-state index contributed by atoms with van der Waals surface area (Å²) in [6.45, 7) is 24.9. The Morgan fingerprint density at radius 1 is 0.929 bits per heavy atom. The first kappa shape index (κ1) is 33.5. The zero-order valence-corrected chi connectivity index (χ0v) is 27.4. The Balaban J connectivity index is 2.18. The maximum atomic E-state index is 10.6. The van der Waals surface area contributed by atoms with Gasteiger partial charge in [-0.25, -0.2) is 14.7 Å². The summed E-state index contributed by atoms with van der Waals surface area (Å²) in [6.07, 6.45) is 3.55. The molecule has 3 rings (SSSR count). The molecule has 0 radical (unpaired) electrons. The molecular weight excluding hydrogens is 528 g/mol. The summed E-state index contributed by atoms with van der Waals surface area (Å²) < 4.78 is 7.94. The van der Waals surface area contributed by atoms with Crippen LogP contribution in [0.1, 0.15) is 94.0 Å². The van der Waals surface area contributed by atoms with Crippen LogP contribution in [0.15, 0.2) is 9.98 Å². The van der Waals surface area contributed by atoms with E-state index in [-0.39, 0.29) is 6.10 Å². The van der Waals surface area contributed by atoms with Crippen LogP contribution in [0.3, 0.4) is 0 Å². The van der Waals surface area contributed by atoms with Gasteiger partial charge in [-0.3, -0.25) is 0 Å². The number of ether oxygens (including phenoxy) is 1. The van der Waals surface area contributed by atoms with Gasteiger partial charge in [0.15, 0.2) is 17.7 Å². The van der Waals surface area contributed by atoms with E-state index in [1.165, 1.54) is 0 Å². The Morgan fingerprint density at radius 2 is 1.48 bits per heavy atom. The summed E-state index contributed by atoms with van der Waals surface area (Å²) in [5.74, 6) is 8.80. The van der Waals surface area contributed by atoms with Crippen molar-refractivity contribution in [1.29, 1.82) is 0 Å². The summed E-state index contributed by atoms with van der Waals surface area (Å²) >= 11 is 0. The van der Waals surface area contributed by atoms with E-state index in [4.69, 9.17) is 29.8 Å². The maximum absolute atomic E-state index is 10.6. The molecule has 0 amide bonds. The number of aliphatic hydroxyl groups is 1. The summed E-state index contributed by atoms with van der Waals surface area (Å²) in [6, 6.07) is 0. The van der Waals surface area contributed by atoms with E-state index < -0.39 is 12.3 Å². The van der Waals surface area contributed by atoms with Gasteiger partial charge < -0.3 is 19.6 Å². The van der Waals surface area contributed by atoms with Crippen LogP contribution in [0.2, 0.25) is 0 Å². The predicted molar refractivity (Wildman–Crippen MR) is 172 cm³/mol. The van der Waals surface area contributed by atoms with Crippen molar-refractivity contribution in [3.8, 4) is 11.8 Å². The summed E-state index contributed by atoms with van der Waals surface area (Å²) in [4.78, 5) is 23.8. The van der Waals surface area contributed by atoms with E-state index in [2.05, 4.69) is 77.0 Å². The highest BCUT2D eigenvalue weighted by Crippen LogP contribution is 2.35. The average Bonchev–Trinajstić information content (AvgIpc) is 3.44. The molecule has 1 saturated heterocycles. The standard InChI is InChI=1S/C32H52N8O2/c1-11-13-25-29-30(33-19-38(15-21(3)4)16-22(5)6)35-32(34-20-39(17-23(7)8)18-24(9)10)36-31(29)40(37-25)28-14-26(41)27(12-2)42-28/h19-24,26-28,41H,12,14-18H2,1-10H3. The molecule has 0 bridgehead atoms. The minimum atomic E-state index is -0.571. The Kier molecular flexibility index (Phi) is 12.3. The molecule has 0 aliphatic carbocycles. The van der Waals surface area contributed by atoms with Gasteiger partial charge in [0.1, 0.15) is 11.1 Å². The van der Waals surface area contributed by atoms with Gasteiger partial charge in [0.25, 0.3) is 5.95 Å². The average molecular weight is 581 g/mol. The molecule has 2 aromatic heterocycles. The molecule has 1 aliphatic heterocycles. The zero-order chi connectivity index (χ0) is 31.0. The van der Waals surface area contributed by atoms with Crippen LogP contribution < -0.4 is 0 Å². The largest absolute Gasteiger partial charge is 0.390 e. The second kappa shape index (κ2) is 15.4. The summed E-state index contributed by atoms with van der Waals surface area (Å²) in [5.41, 5.74) is 1.09. The third-order valence-electron chi connectivity index (χ3n) is 6.72. The predicted octanol–water partition coefficient (Wildman–Crippen LogP) is 5.80. The number of aliphatic hydroxyl groups excluding tert-OH is 1. The number of aromatic nitrogens is 4. The van der Waals surface area contributed by atoms with Gasteiger partial charge in [-0.2, -0.15) is 15.1 Å². The quantitative estimate of drug-likeness (QED) is 0.171. The number of nitrogens with zero attached hydrogens (tertiary/aromatic N) is 8. The van der Waals surface area contributed by atoms with Gasteiger partial charge in [-0.15, -0.1) is 0 Å². The molecule has 10 nitrogen and oxygen atoms in total. The highest BCUT2D eigenvalue weighted by molar-refractivity contribution is 5.92. The molecule has 3 heterocycles.